The van der Waals surface area contributed by atoms with E-state index in [2.05, 4.69) is 0 Å². The molecule has 0 bridgehead atoms. The summed E-state index contributed by atoms with van der Waals surface area (Å²) >= 11 is 5.73. The quantitative estimate of drug-likeness (QED) is 0.685. The third-order valence-electron chi connectivity index (χ3n) is 2.81. The SMILES string of the molecule is CS(=O)(=O)CCS(=O)(=O)N1CCCC(CCl)C1. The first kappa shape index (κ1) is 15.2. The second-order valence-electron chi connectivity index (χ2n) is 4.47. The number of piperidine rings is 1. The molecule has 1 heterocycles. The lowest BCUT2D eigenvalue weighted by atomic mass is 10.0. The first-order chi connectivity index (χ1) is 7.74. The first-order valence-corrected chi connectivity index (χ1v) is 9.66. The summed E-state index contributed by atoms with van der Waals surface area (Å²) in [4.78, 5) is 0. The minimum Gasteiger partial charge on any atom is -0.229 e. The zero-order valence-electron chi connectivity index (χ0n) is 9.80. The van der Waals surface area contributed by atoms with Gasteiger partial charge in [-0.15, -0.1) is 11.6 Å². The van der Waals surface area contributed by atoms with E-state index in [0.29, 0.717) is 19.0 Å². The van der Waals surface area contributed by atoms with Crippen LogP contribution in [0.5, 0.6) is 0 Å². The van der Waals surface area contributed by atoms with Gasteiger partial charge < -0.3 is 0 Å². The van der Waals surface area contributed by atoms with E-state index in [-0.39, 0.29) is 17.4 Å². The van der Waals surface area contributed by atoms with E-state index in [0.717, 1.165) is 19.1 Å². The monoisotopic (exact) mass is 303 g/mol. The van der Waals surface area contributed by atoms with Crippen molar-refractivity contribution in [2.24, 2.45) is 5.92 Å². The van der Waals surface area contributed by atoms with Crippen LogP contribution in [0.15, 0.2) is 0 Å². The number of hydrogen-bond donors (Lipinski definition) is 0. The Labute approximate surface area is 108 Å². The summed E-state index contributed by atoms with van der Waals surface area (Å²) in [6, 6.07) is 0. The standard InChI is InChI=1S/C9H18ClNO4S2/c1-16(12,13)5-6-17(14,15)11-4-2-3-9(7-10)8-11/h9H,2-8H2,1H3. The van der Waals surface area contributed by atoms with Gasteiger partial charge in [-0.25, -0.2) is 21.1 Å². The Hall–Kier alpha value is 0.150. The molecule has 0 saturated carbocycles. The Morgan fingerprint density at radius 3 is 2.41 bits per heavy atom. The number of halogens is 1. The largest absolute Gasteiger partial charge is 0.229 e. The predicted molar refractivity (Wildman–Crippen MR) is 68.5 cm³/mol. The molecule has 17 heavy (non-hydrogen) atoms. The summed E-state index contributed by atoms with van der Waals surface area (Å²) in [5, 5.41) is 0. The van der Waals surface area contributed by atoms with E-state index in [1.807, 2.05) is 0 Å². The average Bonchev–Trinajstić information content (AvgIpc) is 2.26. The van der Waals surface area contributed by atoms with Crippen molar-refractivity contribution in [1.29, 1.82) is 0 Å². The van der Waals surface area contributed by atoms with Crippen molar-refractivity contribution in [3.63, 3.8) is 0 Å². The van der Waals surface area contributed by atoms with E-state index in [1.54, 1.807) is 0 Å². The van der Waals surface area contributed by atoms with E-state index in [1.165, 1.54) is 4.31 Å². The van der Waals surface area contributed by atoms with E-state index < -0.39 is 19.9 Å². The summed E-state index contributed by atoms with van der Waals surface area (Å²) in [7, 11) is -6.71. The summed E-state index contributed by atoms with van der Waals surface area (Å²) < 4.78 is 47.1. The molecule has 1 atom stereocenters. The van der Waals surface area contributed by atoms with Gasteiger partial charge in [-0.05, 0) is 18.8 Å². The number of rotatable bonds is 5. The molecule has 5 nitrogen and oxygen atoms in total. The highest BCUT2D eigenvalue weighted by molar-refractivity contribution is 7.93. The van der Waals surface area contributed by atoms with Crippen LogP contribution in [0.4, 0.5) is 0 Å². The molecule has 1 aliphatic rings. The maximum absolute atomic E-state index is 11.9. The summed E-state index contributed by atoms with van der Waals surface area (Å²) in [6.07, 6.45) is 2.76. The predicted octanol–water partition coefficient (Wildman–Crippen LogP) is 0.312. The van der Waals surface area contributed by atoms with Gasteiger partial charge in [-0.1, -0.05) is 0 Å². The Kier molecular flexibility index (Phi) is 5.24. The lowest BCUT2D eigenvalue weighted by molar-refractivity contribution is 0.284. The molecule has 1 unspecified atom stereocenters. The topological polar surface area (TPSA) is 71.5 Å². The lowest BCUT2D eigenvalue weighted by Crippen LogP contribution is -2.42. The Morgan fingerprint density at radius 2 is 1.88 bits per heavy atom. The van der Waals surface area contributed by atoms with Crippen molar-refractivity contribution < 1.29 is 16.8 Å². The number of sulfone groups is 1. The molecule has 0 amide bonds. The number of nitrogens with zero attached hydrogens (tertiary/aromatic N) is 1. The minimum absolute atomic E-state index is 0.179. The number of alkyl halides is 1. The van der Waals surface area contributed by atoms with Gasteiger partial charge in [-0.3, -0.25) is 0 Å². The van der Waals surface area contributed by atoms with E-state index in [9.17, 15) is 16.8 Å². The third-order valence-corrected chi connectivity index (χ3v) is 6.28. The summed E-state index contributed by atoms with van der Waals surface area (Å²) in [6.45, 7) is 0.884. The Bertz CT molecular complexity index is 446. The van der Waals surface area contributed by atoms with Crippen molar-refractivity contribution in [2.75, 3.05) is 36.7 Å². The molecule has 0 aromatic rings. The molecule has 0 radical (unpaired) electrons. The molecule has 0 aliphatic carbocycles. The van der Waals surface area contributed by atoms with Gasteiger partial charge in [0.05, 0.1) is 11.5 Å². The van der Waals surface area contributed by atoms with Crippen molar-refractivity contribution in [3.05, 3.63) is 0 Å². The Morgan fingerprint density at radius 1 is 1.24 bits per heavy atom. The second kappa shape index (κ2) is 5.86. The molecule has 0 aromatic carbocycles. The second-order valence-corrected chi connectivity index (χ2v) is 9.12. The fourth-order valence-electron chi connectivity index (χ4n) is 1.79. The van der Waals surface area contributed by atoms with Crippen LogP contribution in [0.2, 0.25) is 0 Å². The highest BCUT2D eigenvalue weighted by Gasteiger charge is 2.28. The van der Waals surface area contributed by atoms with Gasteiger partial charge in [-0.2, -0.15) is 0 Å². The maximum atomic E-state index is 11.9. The van der Waals surface area contributed by atoms with E-state index >= 15 is 0 Å². The van der Waals surface area contributed by atoms with Crippen LogP contribution >= 0.6 is 11.6 Å². The van der Waals surface area contributed by atoms with Gasteiger partial charge in [0.2, 0.25) is 10.0 Å². The van der Waals surface area contributed by atoms with Crippen molar-refractivity contribution in [2.45, 2.75) is 12.8 Å². The molecule has 8 heteroatoms. The van der Waals surface area contributed by atoms with Crippen LogP contribution in [-0.4, -0.2) is 57.9 Å². The summed E-state index contributed by atoms with van der Waals surface area (Å²) in [5.41, 5.74) is 0. The number of sulfonamides is 1. The number of hydrogen-bond acceptors (Lipinski definition) is 4. The molecule has 0 spiro atoms. The highest BCUT2D eigenvalue weighted by Crippen LogP contribution is 2.20. The lowest BCUT2D eigenvalue weighted by Gasteiger charge is -2.30. The van der Waals surface area contributed by atoms with Crippen molar-refractivity contribution in [3.8, 4) is 0 Å². The fourth-order valence-corrected chi connectivity index (χ4v) is 5.20. The average molecular weight is 304 g/mol. The summed E-state index contributed by atoms with van der Waals surface area (Å²) in [5.74, 6) is -0.0329. The van der Waals surface area contributed by atoms with Gasteiger partial charge in [0, 0.05) is 25.2 Å². The molecular weight excluding hydrogens is 286 g/mol. The fraction of sp³-hybridized carbons (Fsp3) is 1.00. The molecular formula is C9H18ClNO4S2. The highest BCUT2D eigenvalue weighted by atomic mass is 35.5. The van der Waals surface area contributed by atoms with Crippen LogP contribution in [0, 0.1) is 5.92 Å². The van der Waals surface area contributed by atoms with Crippen LogP contribution in [-0.2, 0) is 19.9 Å². The van der Waals surface area contributed by atoms with Crippen LogP contribution in [0.3, 0.4) is 0 Å². The molecule has 1 saturated heterocycles. The van der Waals surface area contributed by atoms with Crippen LogP contribution in [0.1, 0.15) is 12.8 Å². The smallest absolute Gasteiger partial charge is 0.215 e. The Balaban J connectivity index is 2.64. The maximum Gasteiger partial charge on any atom is 0.215 e. The van der Waals surface area contributed by atoms with Gasteiger partial charge in [0.15, 0.2) is 0 Å². The molecule has 0 aromatic heterocycles. The van der Waals surface area contributed by atoms with Crippen molar-refractivity contribution >= 4 is 31.5 Å². The van der Waals surface area contributed by atoms with Crippen LogP contribution in [0.25, 0.3) is 0 Å². The van der Waals surface area contributed by atoms with E-state index in [4.69, 9.17) is 11.6 Å². The molecule has 0 N–H and O–H groups in total. The first-order valence-electron chi connectivity index (χ1n) is 5.46. The van der Waals surface area contributed by atoms with Crippen molar-refractivity contribution in [1.82, 2.24) is 4.31 Å². The minimum atomic E-state index is -3.46. The molecule has 1 fully saturated rings. The van der Waals surface area contributed by atoms with Gasteiger partial charge in [0.25, 0.3) is 0 Å². The van der Waals surface area contributed by atoms with Gasteiger partial charge in [0.1, 0.15) is 9.84 Å². The molecule has 1 aliphatic heterocycles. The molecule has 1 rings (SSSR count). The molecule has 102 valence electrons. The zero-order chi connectivity index (χ0) is 13.1. The zero-order valence-corrected chi connectivity index (χ0v) is 12.2. The van der Waals surface area contributed by atoms with Gasteiger partial charge >= 0.3 is 0 Å². The normalized spacial score (nSPS) is 23.8. The van der Waals surface area contributed by atoms with Crippen LogP contribution < -0.4 is 0 Å². The third kappa shape index (κ3) is 5.11.